The number of benzene rings is 2. The molecule has 0 aliphatic carbocycles. The molecule has 0 spiro atoms. The molecule has 212 valence electrons. The first-order chi connectivity index (χ1) is 19.6. The van der Waals surface area contributed by atoms with Crippen molar-refractivity contribution < 1.29 is 28.7 Å². The molecule has 11 nitrogen and oxygen atoms in total. The van der Waals surface area contributed by atoms with E-state index < -0.39 is 17.7 Å². The zero-order chi connectivity index (χ0) is 29.6. The van der Waals surface area contributed by atoms with Gasteiger partial charge in [0.1, 0.15) is 18.8 Å². The molecular weight excluding hydrogens is 544 g/mol. The fourth-order valence-corrected chi connectivity index (χ4v) is 5.07. The molecular formula is C29H31N6O5S+. The minimum atomic E-state index is -1.17. The molecule has 2 atom stereocenters. The number of aromatic nitrogens is 4. The average Bonchev–Trinajstić information content (AvgIpc) is 3.64. The monoisotopic (exact) mass is 575 g/mol. The van der Waals surface area contributed by atoms with Gasteiger partial charge >= 0.3 is 12.1 Å². The van der Waals surface area contributed by atoms with Crippen LogP contribution in [0.3, 0.4) is 0 Å². The summed E-state index contributed by atoms with van der Waals surface area (Å²) in [5.74, 6) is -0.706. The van der Waals surface area contributed by atoms with E-state index in [1.807, 2.05) is 24.4 Å². The Morgan fingerprint density at radius 1 is 1.22 bits per heavy atom. The van der Waals surface area contributed by atoms with Gasteiger partial charge in [-0.3, -0.25) is 9.69 Å². The third kappa shape index (κ3) is 7.33. The normalized spacial score (nSPS) is 13.1. The first-order valence-corrected chi connectivity index (χ1v) is 13.7. The Morgan fingerprint density at radius 3 is 2.66 bits per heavy atom. The number of thiazole rings is 1. The van der Waals surface area contributed by atoms with Crippen molar-refractivity contribution in [2.75, 3.05) is 11.9 Å². The average molecular weight is 576 g/mol. The molecule has 4 aromatic rings. The number of hydrogen-bond acceptors (Lipinski definition) is 9. The highest BCUT2D eigenvalue weighted by molar-refractivity contribution is 7.10. The Morgan fingerprint density at radius 2 is 1.95 bits per heavy atom. The van der Waals surface area contributed by atoms with Gasteiger partial charge < -0.3 is 14.6 Å². The first-order valence-electron chi connectivity index (χ1n) is 12.8. The van der Waals surface area contributed by atoms with Crippen LogP contribution in [0.2, 0.25) is 0 Å². The van der Waals surface area contributed by atoms with Crippen molar-refractivity contribution >= 4 is 29.1 Å². The van der Waals surface area contributed by atoms with Gasteiger partial charge in [-0.25, -0.2) is 14.3 Å². The van der Waals surface area contributed by atoms with Gasteiger partial charge in [0.25, 0.3) is 6.33 Å². The van der Waals surface area contributed by atoms with Crippen LogP contribution in [-0.4, -0.2) is 44.6 Å². The highest BCUT2D eigenvalue weighted by Crippen LogP contribution is 2.33. The van der Waals surface area contributed by atoms with Gasteiger partial charge in [-0.15, -0.1) is 16.0 Å². The zero-order valence-electron chi connectivity index (χ0n) is 23.2. The molecule has 12 heteroatoms. The van der Waals surface area contributed by atoms with E-state index in [0.29, 0.717) is 16.8 Å². The molecule has 0 unspecified atom stereocenters. The van der Waals surface area contributed by atoms with Crippen LogP contribution in [0.5, 0.6) is 0 Å². The molecule has 41 heavy (non-hydrogen) atoms. The van der Waals surface area contributed by atoms with E-state index in [4.69, 9.17) is 19.7 Å². The molecule has 0 fully saturated rings. The minimum absolute atomic E-state index is 0.0424. The van der Waals surface area contributed by atoms with E-state index in [9.17, 15) is 14.7 Å². The summed E-state index contributed by atoms with van der Waals surface area (Å²) < 4.78 is 13.7. The van der Waals surface area contributed by atoms with Crippen molar-refractivity contribution in [2.45, 2.75) is 52.2 Å². The van der Waals surface area contributed by atoms with E-state index in [2.05, 4.69) is 11.2 Å². The lowest BCUT2D eigenvalue weighted by molar-refractivity contribution is -0.727. The molecule has 4 rings (SSSR count). The number of anilines is 1. The van der Waals surface area contributed by atoms with E-state index in [-0.39, 0.29) is 25.8 Å². The molecule has 0 aliphatic rings. The predicted octanol–water partition coefficient (Wildman–Crippen LogP) is 4.01. The van der Waals surface area contributed by atoms with E-state index >= 15 is 0 Å². The molecule has 2 aromatic heterocycles. The van der Waals surface area contributed by atoms with Gasteiger partial charge in [0.05, 0.1) is 28.0 Å². The maximum absolute atomic E-state index is 12.7. The number of para-hydroxylation sites is 1. The highest BCUT2D eigenvalue weighted by Gasteiger charge is 2.35. The number of nitrogens with zero attached hydrogens (tertiary/aromatic N) is 6. The van der Waals surface area contributed by atoms with Crippen LogP contribution >= 0.6 is 11.3 Å². The predicted molar refractivity (Wildman–Crippen MR) is 151 cm³/mol. The Labute approximate surface area is 241 Å². The van der Waals surface area contributed by atoms with Gasteiger partial charge in [-0.2, -0.15) is 5.26 Å². The summed E-state index contributed by atoms with van der Waals surface area (Å²) in [5, 5.41) is 27.3. The Kier molecular flexibility index (Phi) is 9.11. The number of carbonyl (C=O) groups excluding carboxylic acids is 2. The second-order valence-corrected chi connectivity index (χ2v) is 10.7. The largest absolute Gasteiger partial charge is 0.461 e. The second kappa shape index (κ2) is 12.7. The van der Waals surface area contributed by atoms with Gasteiger partial charge in [-0.05, 0) is 25.1 Å². The summed E-state index contributed by atoms with van der Waals surface area (Å²) in [4.78, 5) is 30.0. The number of ether oxygens (including phenoxy) is 2. The van der Waals surface area contributed by atoms with Crippen molar-refractivity contribution in [1.82, 2.24) is 14.8 Å². The second-order valence-electron chi connectivity index (χ2n) is 9.80. The van der Waals surface area contributed by atoms with Gasteiger partial charge in [0.2, 0.25) is 13.1 Å². The maximum Gasteiger partial charge on any atom is 0.416 e. The number of carbonyl (C=O) groups is 2. The number of nitriles is 1. The van der Waals surface area contributed by atoms with Crippen LogP contribution in [0.25, 0.3) is 11.3 Å². The lowest BCUT2D eigenvalue weighted by atomic mass is 9.91. The van der Waals surface area contributed by atoms with Crippen molar-refractivity contribution in [3.8, 4) is 17.3 Å². The topological polar surface area (TPSA) is 134 Å². The summed E-state index contributed by atoms with van der Waals surface area (Å²) in [6, 6.07) is 16.4. The van der Waals surface area contributed by atoms with Crippen LogP contribution in [0.1, 0.15) is 42.8 Å². The SMILES string of the molecule is CC(=O)OCc1ccccc1N(C)C(=O)OC[n+]1cnn(C[C@@](C)(O)[C@@H](C)c2nc(-c3ccc(C#N)cc3)cs2)c1. The quantitative estimate of drug-likeness (QED) is 0.221. The number of esters is 1. The summed E-state index contributed by atoms with van der Waals surface area (Å²) in [6.45, 7) is 5.11. The molecule has 0 radical (unpaired) electrons. The maximum atomic E-state index is 12.7. The molecule has 0 bridgehead atoms. The van der Waals surface area contributed by atoms with Crippen molar-refractivity contribution in [3.05, 3.63) is 82.7 Å². The van der Waals surface area contributed by atoms with E-state index in [0.717, 1.165) is 16.3 Å². The summed E-state index contributed by atoms with van der Waals surface area (Å²) in [5.41, 5.74) is 2.33. The van der Waals surface area contributed by atoms with Crippen LogP contribution in [0, 0.1) is 11.3 Å². The summed E-state index contributed by atoms with van der Waals surface area (Å²) in [7, 11) is 1.58. The van der Waals surface area contributed by atoms with E-state index in [1.165, 1.54) is 29.5 Å². The minimum Gasteiger partial charge on any atom is -0.461 e. The van der Waals surface area contributed by atoms with Crippen molar-refractivity contribution in [2.24, 2.45) is 0 Å². The Balaban J connectivity index is 1.35. The molecule has 2 heterocycles. The van der Waals surface area contributed by atoms with Crippen LogP contribution in [0.15, 0.2) is 66.6 Å². The molecule has 1 amide bonds. The lowest BCUT2D eigenvalue weighted by Crippen LogP contribution is -2.39. The third-order valence-electron chi connectivity index (χ3n) is 6.64. The van der Waals surface area contributed by atoms with Crippen LogP contribution < -0.4 is 9.47 Å². The van der Waals surface area contributed by atoms with Gasteiger partial charge in [0.15, 0.2) is 0 Å². The number of aliphatic hydroxyl groups is 1. The Hall–Kier alpha value is -4.60. The number of hydrogen-bond donors (Lipinski definition) is 1. The molecule has 2 aromatic carbocycles. The van der Waals surface area contributed by atoms with E-state index in [1.54, 1.807) is 65.9 Å². The summed E-state index contributed by atoms with van der Waals surface area (Å²) >= 11 is 1.46. The fraction of sp³-hybridized carbons (Fsp3) is 0.310. The smallest absolute Gasteiger partial charge is 0.416 e. The number of amides is 1. The van der Waals surface area contributed by atoms with Gasteiger partial charge in [-0.1, -0.05) is 37.3 Å². The standard InChI is InChI=1S/C29H31N6O5S/c1-20(27-32-25(15-41-27)23-11-9-22(13-30)10-12-23)29(3,38)16-35-18-34(17-31-35)19-40-28(37)33(4)26-8-6-5-7-24(26)14-39-21(2)36/h5-12,15,17-18,20,38H,14,16,19H2,1-4H3/q+1/t20-,29+/m0/s1. The highest BCUT2D eigenvalue weighted by atomic mass is 32.1. The molecule has 0 saturated heterocycles. The van der Waals surface area contributed by atoms with Crippen LogP contribution in [0.4, 0.5) is 10.5 Å². The van der Waals surface area contributed by atoms with Crippen molar-refractivity contribution in [1.29, 1.82) is 5.26 Å². The van der Waals surface area contributed by atoms with Gasteiger partial charge in [0, 0.05) is 41.5 Å². The fourth-order valence-electron chi connectivity index (χ4n) is 4.04. The van der Waals surface area contributed by atoms with Crippen LogP contribution in [-0.2, 0) is 34.2 Å². The zero-order valence-corrected chi connectivity index (χ0v) is 24.0. The first kappa shape index (κ1) is 29.4. The number of rotatable bonds is 10. The summed E-state index contributed by atoms with van der Waals surface area (Å²) in [6.07, 6.45) is 2.56. The lowest BCUT2D eigenvalue weighted by Gasteiger charge is -2.26. The third-order valence-corrected chi connectivity index (χ3v) is 7.67. The van der Waals surface area contributed by atoms with Crippen molar-refractivity contribution in [3.63, 3.8) is 0 Å². The molecule has 0 aliphatic heterocycles. The Bertz CT molecular complexity index is 1560. The molecule has 1 N–H and O–H groups in total. The molecule has 0 saturated carbocycles.